The summed E-state index contributed by atoms with van der Waals surface area (Å²) in [5, 5.41) is 20.7. The quantitative estimate of drug-likeness (QED) is 0.588. The molecule has 0 aliphatic carbocycles. The molecule has 0 amide bonds. The van der Waals surface area contributed by atoms with Crippen molar-refractivity contribution in [2.24, 2.45) is 0 Å². The molecule has 17 heavy (non-hydrogen) atoms. The third kappa shape index (κ3) is 1.75. The molecule has 0 saturated heterocycles. The van der Waals surface area contributed by atoms with Crippen LogP contribution in [0.5, 0.6) is 0 Å². The molecule has 2 N–H and O–H groups in total. The Labute approximate surface area is 98.5 Å². The SMILES string of the molecule is CCOC1(O)C(=C=O)Cc2ccccc2N1O. The Kier molecular flexibility index (Phi) is 3.00. The van der Waals surface area contributed by atoms with E-state index in [9.17, 15) is 15.1 Å². The van der Waals surface area contributed by atoms with Crippen molar-refractivity contribution < 1.29 is 19.8 Å². The molecule has 0 radical (unpaired) electrons. The van der Waals surface area contributed by atoms with Gasteiger partial charge in [0.2, 0.25) is 0 Å². The van der Waals surface area contributed by atoms with E-state index < -0.39 is 5.91 Å². The van der Waals surface area contributed by atoms with Crippen LogP contribution in [0.15, 0.2) is 29.8 Å². The van der Waals surface area contributed by atoms with Crippen molar-refractivity contribution in [3.63, 3.8) is 0 Å². The third-order valence-corrected chi connectivity index (χ3v) is 2.74. The van der Waals surface area contributed by atoms with E-state index in [1.54, 1.807) is 37.1 Å². The summed E-state index contributed by atoms with van der Waals surface area (Å²) in [6, 6.07) is 6.92. The van der Waals surface area contributed by atoms with Crippen molar-refractivity contribution in [1.29, 1.82) is 0 Å². The lowest BCUT2D eigenvalue weighted by Crippen LogP contribution is -2.54. The van der Waals surface area contributed by atoms with Gasteiger partial charge in [0.15, 0.2) is 0 Å². The largest absolute Gasteiger partial charge is 0.343 e. The molecule has 5 heteroatoms. The summed E-state index contributed by atoms with van der Waals surface area (Å²) < 4.78 is 5.07. The molecule has 0 aromatic heterocycles. The number of benzene rings is 1. The van der Waals surface area contributed by atoms with Gasteiger partial charge >= 0.3 is 5.91 Å². The molecule has 1 aromatic rings. The smallest absolute Gasteiger partial charge is 0.307 e. The monoisotopic (exact) mass is 235 g/mol. The lowest BCUT2D eigenvalue weighted by molar-refractivity contribution is -0.209. The maximum Gasteiger partial charge on any atom is 0.307 e. The van der Waals surface area contributed by atoms with Crippen LogP contribution in [0.4, 0.5) is 5.69 Å². The van der Waals surface area contributed by atoms with Crippen molar-refractivity contribution in [3.8, 4) is 0 Å². The zero-order valence-electron chi connectivity index (χ0n) is 9.38. The summed E-state index contributed by atoms with van der Waals surface area (Å²) in [5.74, 6) is -0.480. The molecule has 0 fully saturated rings. The first-order valence-electron chi connectivity index (χ1n) is 5.31. The summed E-state index contributed by atoms with van der Waals surface area (Å²) in [5.41, 5.74) is 1.11. The van der Waals surface area contributed by atoms with Gasteiger partial charge in [0, 0.05) is 13.0 Å². The lowest BCUT2D eigenvalue weighted by Gasteiger charge is -2.40. The Bertz CT molecular complexity index is 481. The minimum Gasteiger partial charge on any atom is -0.343 e. The number of hydroxylamine groups is 1. The summed E-state index contributed by atoms with van der Waals surface area (Å²) in [4.78, 5) is 10.9. The highest BCUT2D eigenvalue weighted by molar-refractivity contribution is 5.67. The Hall–Kier alpha value is -1.65. The van der Waals surface area contributed by atoms with Crippen LogP contribution in [-0.2, 0) is 16.0 Å². The van der Waals surface area contributed by atoms with Crippen LogP contribution < -0.4 is 5.06 Å². The maximum atomic E-state index is 10.9. The van der Waals surface area contributed by atoms with Gasteiger partial charge in [-0.05, 0) is 18.6 Å². The number of hydrogen-bond donors (Lipinski definition) is 2. The normalized spacial score (nSPS) is 23.2. The Morgan fingerprint density at radius 3 is 2.88 bits per heavy atom. The lowest BCUT2D eigenvalue weighted by atomic mass is 9.96. The second-order valence-corrected chi connectivity index (χ2v) is 3.74. The molecule has 1 unspecified atom stereocenters. The molecular formula is C12H13NO4. The van der Waals surface area contributed by atoms with Crippen LogP contribution in [0.2, 0.25) is 0 Å². The Balaban J connectivity index is 2.54. The second kappa shape index (κ2) is 4.31. The van der Waals surface area contributed by atoms with Gasteiger partial charge in [0.05, 0.1) is 5.69 Å². The molecule has 1 heterocycles. The van der Waals surface area contributed by atoms with E-state index in [1.165, 1.54) is 0 Å². The molecule has 0 saturated carbocycles. The van der Waals surface area contributed by atoms with E-state index in [4.69, 9.17) is 4.74 Å². The summed E-state index contributed by atoms with van der Waals surface area (Å²) in [7, 11) is 0. The van der Waals surface area contributed by atoms with Gasteiger partial charge in [-0.1, -0.05) is 18.2 Å². The average Bonchev–Trinajstić information content (AvgIpc) is 2.34. The fourth-order valence-electron chi connectivity index (χ4n) is 1.92. The van der Waals surface area contributed by atoms with Crippen molar-refractivity contribution in [1.82, 2.24) is 0 Å². The van der Waals surface area contributed by atoms with Crippen LogP contribution in [0.25, 0.3) is 0 Å². The number of fused-ring (bicyclic) bond motifs is 1. The molecule has 0 spiro atoms. The number of para-hydroxylation sites is 1. The topological polar surface area (TPSA) is 70.0 Å². The number of anilines is 1. The molecular weight excluding hydrogens is 222 g/mol. The predicted molar refractivity (Wildman–Crippen MR) is 60.2 cm³/mol. The minimum atomic E-state index is -2.12. The van der Waals surface area contributed by atoms with Gasteiger partial charge in [-0.2, -0.15) is 5.06 Å². The molecule has 0 bridgehead atoms. The number of ether oxygens (including phenoxy) is 1. The fourth-order valence-corrected chi connectivity index (χ4v) is 1.92. The number of nitrogens with zero attached hydrogens (tertiary/aromatic N) is 1. The van der Waals surface area contributed by atoms with E-state index in [0.717, 1.165) is 5.56 Å². The number of carbonyl (C=O) groups excluding carboxylic acids is 1. The van der Waals surface area contributed by atoms with Crippen molar-refractivity contribution >= 4 is 11.6 Å². The summed E-state index contributed by atoms with van der Waals surface area (Å²) in [6.07, 6.45) is 0.202. The van der Waals surface area contributed by atoms with E-state index in [2.05, 4.69) is 0 Å². The van der Waals surface area contributed by atoms with E-state index in [1.807, 2.05) is 0 Å². The van der Waals surface area contributed by atoms with Crippen molar-refractivity contribution in [2.45, 2.75) is 19.3 Å². The van der Waals surface area contributed by atoms with Crippen LogP contribution in [0.1, 0.15) is 12.5 Å². The second-order valence-electron chi connectivity index (χ2n) is 3.74. The van der Waals surface area contributed by atoms with E-state index >= 15 is 0 Å². The standard InChI is InChI=1S/C12H13NO4/c1-2-17-12(15)10(8-14)7-9-5-3-4-6-11(9)13(12)16/h3-6,15-16H,2,7H2,1H3. The first-order valence-corrected chi connectivity index (χ1v) is 5.31. The van der Waals surface area contributed by atoms with Crippen molar-refractivity contribution in [2.75, 3.05) is 11.7 Å². The predicted octanol–water partition coefficient (Wildman–Crippen LogP) is 0.879. The van der Waals surface area contributed by atoms with E-state index in [0.29, 0.717) is 10.8 Å². The Morgan fingerprint density at radius 1 is 1.53 bits per heavy atom. The molecule has 1 aliphatic heterocycles. The molecule has 5 nitrogen and oxygen atoms in total. The highest BCUT2D eigenvalue weighted by Crippen LogP contribution is 2.36. The number of rotatable bonds is 2. The van der Waals surface area contributed by atoms with Crippen LogP contribution in [0, 0.1) is 0 Å². The van der Waals surface area contributed by atoms with Gasteiger partial charge in [0.1, 0.15) is 11.5 Å². The van der Waals surface area contributed by atoms with Crippen LogP contribution in [0.3, 0.4) is 0 Å². The van der Waals surface area contributed by atoms with Gasteiger partial charge in [-0.3, -0.25) is 5.21 Å². The third-order valence-electron chi connectivity index (χ3n) is 2.74. The van der Waals surface area contributed by atoms with Gasteiger partial charge in [-0.15, -0.1) is 0 Å². The summed E-state index contributed by atoms with van der Waals surface area (Å²) >= 11 is 0. The fraction of sp³-hybridized carbons (Fsp3) is 0.333. The average molecular weight is 235 g/mol. The summed E-state index contributed by atoms with van der Waals surface area (Å²) in [6.45, 7) is 1.82. The zero-order valence-corrected chi connectivity index (χ0v) is 9.38. The highest BCUT2D eigenvalue weighted by atomic mass is 16.7. The molecule has 1 aliphatic rings. The van der Waals surface area contributed by atoms with Gasteiger partial charge in [-0.25, -0.2) is 4.79 Å². The first kappa shape index (κ1) is 11.8. The van der Waals surface area contributed by atoms with Gasteiger partial charge in [0.25, 0.3) is 0 Å². The molecule has 1 atom stereocenters. The van der Waals surface area contributed by atoms with Gasteiger partial charge < -0.3 is 9.84 Å². The zero-order chi connectivity index (χ0) is 12.5. The van der Waals surface area contributed by atoms with Crippen molar-refractivity contribution in [3.05, 3.63) is 35.4 Å². The maximum absolute atomic E-state index is 10.9. The number of aliphatic hydroxyl groups is 1. The highest BCUT2D eigenvalue weighted by Gasteiger charge is 2.45. The first-order chi connectivity index (χ1) is 8.13. The van der Waals surface area contributed by atoms with Crippen LogP contribution in [-0.4, -0.2) is 28.8 Å². The van der Waals surface area contributed by atoms with E-state index in [-0.39, 0.29) is 18.6 Å². The minimum absolute atomic E-state index is 0.0412. The molecule has 1 aromatic carbocycles. The van der Waals surface area contributed by atoms with Crippen LogP contribution >= 0.6 is 0 Å². The molecule has 90 valence electrons. The Morgan fingerprint density at radius 2 is 2.24 bits per heavy atom. The molecule has 2 rings (SSSR count). The number of hydrogen-bond acceptors (Lipinski definition) is 5.